The molecule has 79 heavy (non-hydrogen) atoms. The normalized spacial score (nSPS) is 20.4. The molecule has 2 heterocycles. The van der Waals surface area contributed by atoms with Gasteiger partial charge in [-0.25, -0.2) is 0 Å². The Hall–Kier alpha value is -6.65. The van der Waals surface area contributed by atoms with Crippen molar-refractivity contribution in [1.29, 1.82) is 0 Å². The monoisotopic (exact) mass is 1140 g/mol. The minimum atomic E-state index is -1.33. The Morgan fingerprint density at radius 1 is 0.684 bits per heavy atom. The van der Waals surface area contributed by atoms with Gasteiger partial charge in [-0.15, -0.1) is 24.8 Å². The van der Waals surface area contributed by atoms with Crippen molar-refractivity contribution in [1.82, 2.24) is 52.3 Å². The van der Waals surface area contributed by atoms with Crippen LogP contribution in [0.15, 0.2) is 78.9 Å². The van der Waals surface area contributed by atoms with Gasteiger partial charge in [-0.2, -0.15) is 0 Å². The first-order valence-corrected chi connectivity index (χ1v) is 26.4. The number of carbonyl (C=O) groups is 9. The van der Waals surface area contributed by atoms with Crippen molar-refractivity contribution < 1.29 is 53.0 Å². The Kier molecular flexibility index (Phi) is 24.3. The summed E-state index contributed by atoms with van der Waals surface area (Å²) in [6, 6.07) is 14.6. The molecule has 9 N–H and O–H groups in total. The standard InChI is InChI=1S/C56H76N10O11.2ClH/c1-32(34-16-10-9-11-17-34)59-52(73)44-27-38(29-65(44)54(75)42(24-25-46(68)77-8)63-51(72)43(31-67)58-7)60-49(70)36-20-14-21-37(26-36)50(71)61-39-28-45(53(74)62-41-23-15-19-35-18-12-13-22-40(35)41)66(30-39)55(76)47(56(3,4)5)64-48(69)33(2)57-6;;/h9-14,16-18,20-22,26,32-33,38-39,41-45,47,57-58,67H,15,19,23-25,27-31H2,1-8H3,(H,59,73)(H,60,70)(H,61,71)(H,62,74)(H,63,72)(H,64,69);2*1H/t32-,33+,38+,39+,41-,42+,43+,44+,45+,47?;;/m1../s1. The van der Waals surface area contributed by atoms with E-state index in [1.165, 1.54) is 48.2 Å². The maximum absolute atomic E-state index is 14.7. The number of benzene rings is 3. The smallest absolute Gasteiger partial charge is 0.305 e. The van der Waals surface area contributed by atoms with E-state index in [2.05, 4.69) is 42.5 Å². The van der Waals surface area contributed by atoms with Crippen molar-refractivity contribution >= 4 is 78.0 Å². The maximum Gasteiger partial charge on any atom is 0.305 e. The zero-order valence-corrected chi connectivity index (χ0v) is 47.7. The van der Waals surface area contributed by atoms with Crippen LogP contribution in [0.3, 0.4) is 0 Å². The summed E-state index contributed by atoms with van der Waals surface area (Å²) in [6.45, 7) is 8.13. The average molecular weight is 1140 g/mol. The second kappa shape index (κ2) is 29.5. The summed E-state index contributed by atoms with van der Waals surface area (Å²) < 4.78 is 4.79. The summed E-state index contributed by atoms with van der Waals surface area (Å²) >= 11 is 0. The number of rotatable bonds is 21. The molecule has 21 nitrogen and oxygen atoms in total. The van der Waals surface area contributed by atoms with E-state index in [4.69, 9.17) is 4.74 Å². The molecule has 2 aliphatic heterocycles. The Balaban J connectivity index is 0.00000672. The molecule has 3 aliphatic rings. The number of aliphatic hydroxyl groups is 1. The summed E-state index contributed by atoms with van der Waals surface area (Å²) in [5, 5.41) is 32.9. The fraction of sp³-hybridized carbons (Fsp3) is 0.518. The van der Waals surface area contributed by atoms with E-state index in [-0.39, 0.29) is 86.7 Å². The Morgan fingerprint density at radius 3 is 1.84 bits per heavy atom. The van der Waals surface area contributed by atoms with Crippen molar-refractivity contribution in [2.24, 2.45) is 5.41 Å². The topological polar surface area (TPSA) is 286 Å². The number of nitrogens with one attached hydrogen (secondary N) is 8. The van der Waals surface area contributed by atoms with Crippen molar-refractivity contribution in [2.75, 3.05) is 40.9 Å². The highest BCUT2D eigenvalue weighted by Gasteiger charge is 2.47. The minimum absolute atomic E-state index is 0. The van der Waals surface area contributed by atoms with Crippen LogP contribution in [0.5, 0.6) is 0 Å². The van der Waals surface area contributed by atoms with Crippen LogP contribution < -0.4 is 42.5 Å². The van der Waals surface area contributed by atoms with E-state index < -0.39 is 114 Å². The van der Waals surface area contributed by atoms with Gasteiger partial charge >= 0.3 is 5.97 Å². The second-order valence-electron chi connectivity index (χ2n) is 21.2. The molecular weight excluding hydrogens is 1060 g/mol. The van der Waals surface area contributed by atoms with E-state index in [9.17, 15) is 48.3 Å². The highest BCUT2D eigenvalue weighted by molar-refractivity contribution is 6.01. The summed E-state index contributed by atoms with van der Waals surface area (Å²) in [5.74, 6) is -5.04. The van der Waals surface area contributed by atoms with E-state index >= 15 is 0 Å². The van der Waals surface area contributed by atoms with Crippen molar-refractivity contribution in [3.63, 3.8) is 0 Å². The summed E-state index contributed by atoms with van der Waals surface area (Å²) in [4.78, 5) is 127. The Labute approximate surface area is 474 Å². The summed E-state index contributed by atoms with van der Waals surface area (Å²) in [7, 11) is 4.28. The molecule has 8 amide bonds. The number of ether oxygens (including phenoxy) is 1. The molecule has 1 unspecified atom stereocenters. The number of esters is 1. The SMILES string of the molecule is CN[C@@H](C)C(=O)NC(C(=O)N1C[C@@H](NC(=O)c2cccc(C(=O)N[C@H]3C[C@@H](C(=O)N[C@H](C)c4ccccc4)N(C(=O)[C@H](CCC(=O)OC)NC(=O)[C@H](CO)NC)C3)c2)C[C@H]1C(=O)N[C@@H]1CCCc2ccccc21)C(C)(C)C.Cl.Cl. The molecule has 23 heteroatoms. The van der Waals surface area contributed by atoms with Gasteiger partial charge in [-0.3, -0.25) is 43.2 Å². The second-order valence-corrected chi connectivity index (χ2v) is 21.2. The first-order chi connectivity index (χ1) is 36.7. The fourth-order valence-corrected chi connectivity index (χ4v) is 10.1. The van der Waals surface area contributed by atoms with Crippen LogP contribution in [0.2, 0.25) is 0 Å². The molecule has 0 saturated carbocycles. The van der Waals surface area contributed by atoms with Crippen LogP contribution in [0.25, 0.3) is 0 Å². The first-order valence-electron chi connectivity index (χ1n) is 26.4. The van der Waals surface area contributed by atoms with Crippen LogP contribution in [0, 0.1) is 5.41 Å². The molecular formula is C56H78Cl2N10O11. The van der Waals surface area contributed by atoms with Gasteiger partial charge in [0.25, 0.3) is 11.8 Å². The molecule has 3 aromatic carbocycles. The molecule has 2 fully saturated rings. The molecule has 6 rings (SSSR count). The minimum Gasteiger partial charge on any atom is -0.469 e. The number of hydrogen-bond acceptors (Lipinski definition) is 13. The molecule has 3 aromatic rings. The van der Waals surface area contributed by atoms with E-state index in [1.54, 1.807) is 20.9 Å². The number of likely N-dealkylation sites (N-methyl/N-ethyl adjacent to an activating group) is 2. The van der Waals surface area contributed by atoms with Gasteiger partial charge < -0.3 is 62.2 Å². The lowest BCUT2D eigenvalue weighted by molar-refractivity contribution is -0.144. The lowest BCUT2D eigenvalue weighted by Crippen LogP contribution is -2.59. The van der Waals surface area contributed by atoms with Crippen LogP contribution in [-0.4, -0.2) is 157 Å². The fourth-order valence-electron chi connectivity index (χ4n) is 10.1. The van der Waals surface area contributed by atoms with Gasteiger partial charge in [0.1, 0.15) is 30.2 Å². The first kappa shape index (κ1) is 64.9. The number of hydrogen-bond donors (Lipinski definition) is 9. The quantitative estimate of drug-likeness (QED) is 0.0693. The third-order valence-electron chi connectivity index (χ3n) is 14.7. The van der Waals surface area contributed by atoms with Gasteiger partial charge in [0.2, 0.25) is 35.4 Å². The number of amides is 8. The molecule has 432 valence electrons. The molecule has 0 aromatic heterocycles. The molecule has 2 saturated heterocycles. The lowest BCUT2D eigenvalue weighted by atomic mass is 9.85. The Bertz CT molecular complexity index is 2640. The number of aliphatic hydroxyl groups excluding tert-OH is 1. The number of carbonyl (C=O) groups excluding carboxylic acids is 9. The van der Waals surface area contributed by atoms with E-state index in [0.29, 0.717) is 6.42 Å². The molecule has 0 bridgehead atoms. The van der Waals surface area contributed by atoms with Gasteiger partial charge in [0.15, 0.2) is 0 Å². The number of methoxy groups -OCH3 is 1. The Morgan fingerprint density at radius 2 is 1.27 bits per heavy atom. The largest absolute Gasteiger partial charge is 0.469 e. The predicted octanol–water partition coefficient (Wildman–Crippen LogP) is 2.16. The van der Waals surface area contributed by atoms with E-state index in [1.807, 2.05) is 75.4 Å². The van der Waals surface area contributed by atoms with Crippen LogP contribution in [0.1, 0.15) is 123 Å². The van der Waals surface area contributed by atoms with Gasteiger partial charge in [0, 0.05) is 42.7 Å². The maximum atomic E-state index is 14.7. The van der Waals surface area contributed by atoms with Gasteiger partial charge in [-0.1, -0.05) is 81.4 Å². The average Bonchev–Trinajstić information content (AvgIpc) is 4.06. The number of likely N-dealkylation sites (tertiary alicyclic amines) is 2. The predicted molar refractivity (Wildman–Crippen MR) is 300 cm³/mol. The summed E-state index contributed by atoms with van der Waals surface area (Å²) in [6.07, 6.45) is 2.03. The molecule has 0 radical (unpaired) electrons. The van der Waals surface area contributed by atoms with E-state index in [0.717, 1.165) is 29.5 Å². The number of fused-ring (bicyclic) bond motifs is 1. The highest BCUT2D eigenvalue weighted by atomic mass is 35.5. The van der Waals surface area contributed by atoms with Crippen LogP contribution in [-0.2, 0) is 44.7 Å². The third kappa shape index (κ3) is 16.7. The van der Waals surface area contributed by atoms with Crippen molar-refractivity contribution in [3.05, 3.63) is 107 Å². The number of halogens is 2. The third-order valence-corrected chi connectivity index (χ3v) is 14.7. The van der Waals surface area contributed by atoms with Gasteiger partial charge in [-0.05, 0) is 107 Å². The molecule has 1 aliphatic carbocycles. The van der Waals surface area contributed by atoms with Crippen LogP contribution >= 0.6 is 24.8 Å². The van der Waals surface area contributed by atoms with Gasteiger partial charge in [0.05, 0.1) is 31.8 Å². The van der Waals surface area contributed by atoms with Crippen molar-refractivity contribution in [3.8, 4) is 0 Å². The zero-order valence-electron chi connectivity index (χ0n) is 46.1. The molecule has 10 atom stereocenters. The number of aryl methyl sites for hydroxylation is 1. The van der Waals surface area contributed by atoms with Crippen LogP contribution in [0.4, 0.5) is 0 Å². The zero-order chi connectivity index (χ0) is 56.1. The summed E-state index contributed by atoms with van der Waals surface area (Å²) in [5.41, 5.74) is 2.37. The lowest BCUT2D eigenvalue weighted by Gasteiger charge is -2.36. The highest BCUT2D eigenvalue weighted by Crippen LogP contribution is 2.32. The number of nitrogens with zero attached hydrogens (tertiary/aromatic N) is 2. The van der Waals surface area contributed by atoms with Crippen molar-refractivity contribution in [2.45, 2.75) is 140 Å². The molecule has 0 spiro atoms.